The number of halogens is 2. The van der Waals surface area contributed by atoms with E-state index in [-0.39, 0.29) is 36.9 Å². The number of carbonyl (C=O) groups is 1. The topological polar surface area (TPSA) is 49.8 Å². The van der Waals surface area contributed by atoms with Crippen molar-refractivity contribution in [3.8, 4) is 5.75 Å². The highest BCUT2D eigenvalue weighted by Crippen LogP contribution is 2.34. The number of hydrogen-bond acceptors (Lipinski definition) is 3. The van der Waals surface area contributed by atoms with Crippen LogP contribution in [0.5, 0.6) is 5.75 Å². The number of carbonyl (C=O) groups excluding carboxylic acids is 1. The van der Waals surface area contributed by atoms with Gasteiger partial charge in [-0.1, -0.05) is 12.1 Å². The van der Waals surface area contributed by atoms with Crippen LogP contribution in [0.4, 0.5) is 8.78 Å². The van der Waals surface area contributed by atoms with E-state index in [2.05, 4.69) is 0 Å². The molecule has 3 rings (SSSR count). The number of aliphatic hydroxyl groups excluding tert-OH is 1. The molecule has 1 N–H and O–H groups in total. The maximum absolute atomic E-state index is 13.7. The zero-order valence-corrected chi connectivity index (χ0v) is 14.5. The molecule has 0 aliphatic carbocycles. The van der Waals surface area contributed by atoms with Crippen LogP contribution in [-0.2, 0) is 11.2 Å². The summed E-state index contributed by atoms with van der Waals surface area (Å²) in [6.07, 6.45) is -0.0123. The molecule has 0 radical (unpaired) electrons. The van der Waals surface area contributed by atoms with Gasteiger partial charge in [0.1, 0.15) is 17.4 Å². The highest BCUT2D eigenvalue weighted by Gasteiger charge is 2.35. The lowest BCUT2D eigenvalue weighted by Gasteiger charge is -2.25. The molecule has 138 valence electrons. The number of nitrogens with zero attached hydrogens (tertiary/aromatic N) is 1. The van der Waals surface area contributed by atoms with Gasteiger partial charge in [0.05, 0.1) is 19.3 Å². The molecule has 6 heteroatoms. The van der Waals surface area contributed by atoms with Gasteiger partial charge in [-0.25, -0.2) is 8.78 Å². The predicted octanol–water partition coefficient (Wildman–Crippen LogP) is 3.24. The van der Waals surface area contributed by atoms with Crippen LogP contribution in [0.3, 0.4) is 0 Å². The number of aliphatic hydroxyl groups is 1. The van der Waals surface area contributed by atoms with Crippen LogP contribution in [-0.4, -0.2) is 35.7 Å². The van der Waals surface area contributed by atoms with E-state index < -0.39 is 17.7 Å². The van der Waals surface area contributed by atoms with E-state index >= 15 is 0 Å². The van der Waals surface area contributed by atoms with E-state index in [1.54, 1.807) is 12.0 Å². The average molecular weight is 361 g/mol. The molecular formula is C20H21F2NO3. The maximum atomic E-state index is 13.7. The highest BCUT2D eigenvalue weighted by molar-refractivity contribution is 5.77. The van der Waals surface area contributed by atoms with E-state index in [0.29, 0.717) is 12.2 Å². The Morgan fingerprint density at radius 3 is 2.85 bits per heavy atom. The quantitative estimate of drug-likeness (QED) is 0.890. The van der Waals surface area contributed by atoms with Gasteiger partial charge in [0.25, 0.3) is 0 Å². The van der Waals surface area contributed by atoms with Gasteiger partial charge in [-0.15, -0.1) is 0 Å². The Bertz CT molecular complexity index is 796. The van der Waals surface area contributed by atoms with Crippen molar-refractivity contribution in [1.82, 2.24) is 4.90 Å². The maximum Gasteiger partial charge on any atom is 0.223 e. The summed E-state index contributed by atoms with van der Waals surface area (Å²) < 4.78 is 32.2. The van der Waals surface area contributed by atoms with Crippen LogP contribution >= 0.6 is 0 Å². The van der Waals surface area contributed by atoms with Crippen LogP contribution < -0.4 is 4.74 Å². The molecule has 0 aromatic heterocycles. The summed E-state index contributed by atoms with van der Waals surface area (Å²) in [6.45, 7) is 0.229. The summed E-state index contributed by atoms with van der Waals surface area (Å²) in [7, 11) is 1.57. The lowest BCUT2D eigenvalue weighted by atomic mass is 10.0. The Kier molecular flexibility index (Phi) is 5.52. The second-order valence-corrected chi connectivity index (χ2v) is 6.46. The zero-order valence-electron chi connectivity index (χ0n) is 14.5. The number of aryl methyl sites for hydroxylation is 1. The fourth-order valence-electron chi connectivity index (χ4n) is 3.37. The van der Waals surface area contributed by atoms with Gasteiger partial charge in [0.2, 0.25) is 5.91 Å². The van der Waals surface area contributed by atoms with E-state index in [1.165, 1.54) is 0 Å². The molecule has 26 heavy (non-hydrogen) atoms. The van der Waals surface area contributed by atoms with E-state index in [1.807, 2.05) is 24.3 Å². The Balaban J connectivity index is 1.73. The van der Waals surface area contributed by atoms with Crippen molar-refractivity contribution in [2.24, 2.45) is 0 Å². The summed E-state index contributed by atoms with van der Waals surface area (Å²) in [5, 5.41) is 10.0. The first-order chi connectivity index (χ1) is 12.5. The van der Waals surface area contributed by atoms with Crippen LogP contribution in [0.15, 0.2) is 42.5 Å². The number of methoxy groups -OCH3 is 1. The van der Waals surface area contributed by atoms with Gasteiger partial charge in [0, 0.05) is 13.0 Å². The van der Waals surface area contributed by atoms with Crippen LogP contribution in [0, 0.1) is 11.6 Å². The summed E-state index contributed by atoms with van der Waals surface area (Å²) in [4.78, 5) is 14.3. The molecule has 0 unspecified atom stereocenters. The first-order valence-corrected chi connectivity index (χ1v) is 8.53. The Morgan fingerprint density at radius 1 is 1.27 bits per heavy atom. The molecule has 0 saturated carbocycles. The second kappa shape index (κ2) is 7.83. The number of amides is 1. The van der Waals surface area contributed by atoms with Gasteiger partial charge >= 0.3 is 0 Å². The largest absolute Gasteiger partial charge is 0.497 e. The molecule has 1 saturated heterocycles. The van der Waals surface area contributed by atoms with Gasteiger partial charge in [-0.2, -0.15) is 0 Å². The monoisotopic (exact) mass is 361 g/mol. The number of rotatable bonds is 5. The number of likely N-dealkylation sites (tertiary alicyclic amines) is 1. The molecular weight excluding hydrogens is 340 g/mol. The van der Waals surface area contributed by atoms with Gasteiger partial charge in [-0.05, 0) is 54.3 Å². The summed E-state index contributed by atoms with van der Waals surface area (Å²) in [5.41, 5.74) is 1.06. The van der Waals surface area contributed by atoms with E-state index in [9.17, 15) is 18.7 Å². The molecule has 0 spiro atoms. The molecule has 2 aromatic rings. The summed E-state index contributed by atoms with van der Waals surface area (Å²) >= 11 is 0. The predicted molar refractivity (Wildman–Crippen MR) is 92.8 cm³/mol. The first kappa shape index (κ1) is 18.3. The van der Waals surface area contributed by atoms with Gasteiger partial charge in [0.15, 0.2) is 0 Å². The highest BCUT2D eigenvalue weighted by atomic mass is 19.1. The average Bonchev–Trinajstić information content (AvgIpc) is 3.04. The molecule has 1 amide bonds. The fraction of sp³-hybridized carbons (Fsp3) is 0.350. The summed E-state index contributed by atoms with van der Waals surface area (Å²) in [6, 6.07) is 10.3. The third kappa shape index (κ3) is 4.02. The number of β-amino-alcohol motifs (C(OH)–C–C–N with tert-alkyl or cyclic N) is 1. The summed E-state index contributed by atoms with van der Waals surface area (Å²) in [5.74, 6) is -0.569. The Hall–Kier alpha value is -2.47. The van der Waals surface area contributed by atoms with E-state index in [0.717, 1.165) is 23.8 Å². The SMILES string of the molecule is COc1cccc([C@H]2C[C@@H](O)CN2C(=O)CCc2cc(F)ccc2F)c1. The van der Waals surface area contributed by atoms with Crippen LogP contribution in [0.2, 0.25) is 0 Å². The third-order valence-corrected chi connectivity index (χ3v) is 4.69. The van der Waals surface area contributed by atoms with Gasteiger partial charge < -0.3 is 14.7 Å². The van der Waals surface area contributed by atoms with E-state index in [4.69, 9.17) is 4.74 Å². The molecule has 1 aliphatic heterocycles. The molecule has 1 fully saturated rings. The molecule has 2 aromatic carbocycles. The fourth-order valence-corrected chi connectivity index (χ4v) is 3.37. The van der Waals surface area contributed by atoms with Crippen LogP contribution in [0.25, 0.3) is 0 Å². The van der Waals surface area contributed by atoms with Crippen molar-refractivity contribution in [2.75, 3.05) is 13.7 Å². The normalized spacial score (nSPS) is 19.6. The van der Waals surface area contributed by atoms with Crippen molar-refractivity contribution >= 4 is 5.91 Å². The minimum atomic E-state index is -0.610. The standard InChI is InChI=1S/C20H21F2NO3/c1-26-17-4-2-3-14(10-17)19-11-16(24)12-23(19)20(25)8-5-13-9-15(21)6-7-18(13)22/h2-4,6-7,9-10,16,19,24H,5,8,11-12H2,1H3/t16-,19-/m1/s1. The minimum absolute atomic E-state index is 0.0492. The number of hydrogen-bond donors (Lipinski definition) is 1. The van der Waals surface area contributed by atoms with Crippen molar-refractivity contribution in [3.63, 3.8) is 0 Å². The second-order valence-electron chi connectivity index (χ2n) is 6.46. The Morgan fingerprint density at radius 2 is 2.08 bits per heavy atom. The van der Waals surface area contributed by atoms with Crippen molar-refractivity contribution in [3.05, 3.63) is 65.2 Å². The first-order valence-electron chi connectivity index (χ1n) is 8.53. The smallest absolute Gasteiger partial charge is 0.223 e. The minimum Gasteiger partial charge on any atom is -0.497 e. The Labute approximate surface area is 151 Å². The lowest BCUT2D eigenvalue weighted by molar-refractivity contribution is -0.132. The van der Waals surface area contributed by atoms with Crippen molar-refractivity contribution in [1.29, 1.82) is 0 Å². The van der Waals surface area contributed by atoms with Crippen LogP contribution in [0.1, 0.15) is 30.0 Å². The molecule has 1 aliphatic rings. The molecule has 2 atom stereocenters. The molecule has 4 nitrogen and oxygen atoms in total. The lowest BCUT2D eigenvalue weighted by Crippen LogP contribution is -2.32. The zero-order chi connectivity index (χ0) is 18.7. The third-order valence-electron chi connectivity index (χ3n) is 4.69. The number of ether oxygens (including phenoxy) is 1. The van der Waals surface area contributed by atoms with Gasteiger partial charge in [-0.3, -0.25) is 4.79 Å². The van der Waals surface area contributed by atoms with Crippen molar-refractivity contribution < 1.29 is 23.4 Å². The van der Waals surface area contributed by atoms with Crippen molar-refractivity contribution in [2.45, 2.75) is 31.4 Å². The molecule has 0 bridgehead atoms. The molecule has 1 heterocycles. The number of benzene rings is 2.